The van der Waals surface area contributed by atoms with Crippen LogP contribution in [0.4, 0.5) is 5.82 Å². The molecule has 1 aliphatic heterocycles. The van der Waals surface area contributed by atoms with Crippen molar-refractivity contribution in [3.05, 3.63) is 56.2 Å². The van der Waals surface area contributed by atoms with Crippen LogP contribution in [0.25, 0.3) is 0 Å². The molecule has 0 radical (unpaired) electrons. The van der Waals surface area contributed by atoms with Crippen LogP contribution in [0, 0.1) is 0 Å². The Morgan fingerprint density at radius 2 is 1.96 bits per heavy atom. The van der Waals surface area contributed by atoms with E-state index in [4.69, 9.17) is 4.74 Å². The first-order valence-corrected chi connectivity index (χ1v) is 8.07. The van der Waals surface area contributed by atoms with Crippen molar-refractivity contribution in [1.29, 1.82) is 0 Å². The quantitative estimate of drug-likeness (QED) is 0.723. The third kappa shape index (κ3) is 3.07. The summed E-state index contributed by atoms with van der Waals surface area (Å²) in [6.07, 6.45) is 0. The fourth-order valence-electron chi connectivity index (χ4n) is 2.94. The minimum atomic E-state index is -0.393. The zero-order chi connectivity index (χ0) is 17.3. The largest absolute Gasteiger partial charge is 0.497 e. The molecule has 2 aromatic rings. The predicted molar refractivity (Wildman–Crippen MR) is 91.7 cm³/mol. The van der Waals surface area contributed by atoms with Crippen molar-refractivity contribution in [3.63, 3.8) is 0 Å². The zero-order valence-corrected chi connectivity index (χ0v) is 14.2. The van der Waals surface area contributed by atoms with Crippen LogP contribution in [0.3, 0.4) is 0 Å². The number of anilines is 1. The summed E-state index contributed by atoms with van der Waals surface area (Å²) in [5.74, 6) is 1.40. The van der Waals surface area contributed by atoms with Crippen molar-refractivity contribution in [2.75, 3.05) is 19.1 Å². The van der Waals surface area contributed by atoms with Gasteiger partial charge in [0.15, 0.2) is 6.67 Å². The first kappa shape index (κ1) is 16.3. The zero-order valence-electron chi connectivity index (χ0n) is 14.2. The number of aromatic nitrogens is 2. The van der Waals surface area contributed by atoms with E-state index in [1.54, 1.807) is 11.7 Å². The molecule has 0 fully saturated rings. The van der Waals surface area contributed by atoms with Gasteiger partial charge in [0.1, 0.15) is 23.7 Å². The molecule has 1 atom stereocenters. The summed E-state index contributed by atoms with van der Waals surface area (Å²) in [7, 11) is 1.62. The monoisotopic (exact) mass is 331 g/mol. The Kier molecular flexibility index (Phi) is 4.44. The number of aromatic amines is 1. The van der Waals surface area contributed by atoms with E-state index in [0.717, 1.165) is 11.3 Å². The van der Waals surface area contributed by atoms with E-state index in [1.807, 2.05) is 24.3 Å². The van der Waals surface area contributed by atoms with E-state index in [2.05, 4.69) is 24.1 Å². The molecule has 2 heterocycles. The molecule has 128 valence electrons. The molecule has 7 heteroatoms. The highest BCUT2D eigenvalue weighted by Gasteiger charge is 2.26. The van der Waals surface area contributed by atoms with E-state index < -0.39 is 5.69 Å². The molecule has 0 spiro atoms. The van der Waals surface area contributed by atoms with E-state index in [0.29, 0.717) is 37.2 Å². The minimum Gasteiger partial charge on any atom is -0.497 e. The molecule has 0 aliphatic carbocycles. The molecule has 1 unspecified atom stereocenters. The van der Waals surface area contributed by atoms with Crippen LogP contribution in [0.1, 0.15) is 25.0 Å². The average Bonchev–Trinajstić information content (AvgIpc) is 2.58. The average molecular weight is 331 g/mol. The molecule has 0 saturated carbocycles. The lowest BCUT2D eigenvalue weighted by molar-refractivity contribution is -0.933. The second kappa shape index (κ2) is 6.52. The Morgan fingerprint density at radius 3 is 2.58 bits per heavy atom. The van der Waals surface area contributed by atoms with Crippen LogP contribution in [-0.4, -0.2) is 29.4 Å². The van der Waals surface area contributed by atoms with Gasteiger partial charge >= 0.3 is 5.69 Å². The number of hydrogen-bond donors (Lipinski definition) is 3. The summed E-state index contributed by atoms with van der Waals surface area (Å²) < 4.78 is 6.75. The maximum absolute atomic E-state index is 12.3. The summed E-state index contributed by atoms with van der Waals surface area (Å²) in [4.78, 5) is 28.2. The van der Waals surface area contributed by atoms with Crippen molar-refractivity contribution in [1.82, 2.24) is 9.55 Å². The third-order valence-corrected chi connectivity index (χ3v) is 4.50. The first-order chi connectivity index (χ1) is 11.5. The maximum Gasteiger partial charge on any atom is 0.330 e. The van der Waals surface area contributed by atoms with Crippen LogP contribution in [0.5, 0.6) is 5.75 Å². The Balaban J connectivity index is 1.98. The van der Waals surface area contributed by atoms with Crippen LogP contribution in [0.2, 0.25) is 0 Å². The van der Waals surface area contributed by atoms with Gasteiger partial charge in [0.25, 0.3) is 5.56 Å². The molecule has 7 nitrogen and oxygen atoms in total. The molecular weight excluding hydrogens is 308 g/mol. The SMILES string of the molecule is COc1ccc(Cn2c3c(c(=O)[nH]c2=O)C[NH+](C(C)C)CN3)cc1. The Hall–Kier alpha value is -2.54. The first-order valence-electron chi connectivity index (χ1n) is 8.07. The number of H-pyrrole nitrogens is 1. The van der Waals surface area contributed by atoms with Gasteiger partial charge in [-0.3, -0.25) is 14.3 Å². The van der Waals surface area contributed by atoms with Gasteiger partial charge < -0.3 is 15.0 Å². The Bertz CT molecular complexity index is 836. The number of rotatable bonds is 4. The smallest absolute Gasteiger partial charge is 0.330 e. The molecule has 0 saturated heterocycles. The topological polar surface area (TPSA) is 80.6 Å². The van der Waals surface area contributed by atoms with Crippen molar-refractivity contribution in [2.24, 2.45) is 0 Å². The number of fused-ring (bicyclic) bond motifs is 1. The van der Waals surface area contributed by atoms with E-state index in [1.165, 1.54) is 4.90 Å². The fourth-order valence-corrected chi connectivity index (χ4v) is 2.94. The predicted octanol–water partition coefficient (Wildman–Crippen LogP) is -0.230. The van der Waals surface area contributed by atoms with Crippen molar-refractivity contribution >= 4 is 5.82 Å². The van der Waals surface area contributed by atoms with E-state index >= 15 is 0 Å². The normalized spacial score (nSPS) is 16.6. The van der Waals surface area contributed by atoms with Crippen molar-refractivity contribution in [3.8, 4) is 5.75 Å². The number of quaternary nitrogens is 1. The summed E-state index contributed by atoms with van der Waals surface area (Å²) in [6.45, 7) is 5.92. The summed E-state index contributed by atoms with van der Waals surface area (Å²) in [5, 5.41) is 3.27. The number of benzene rings is 1. The van der Waals surface area contributed by atoms with Gasteiger partial charge in [0, 0.05) is 0 Å². The van der Waals surface area contributed by atoms with Crippen molar-refractivity contribution < 1.29 is 9.64 Å². The highest BCUT2D eigenvalue weighted by Crippen LogP contribution is 2.15. The van der Waals surface area contributed by atoms with Gasteiger partial charge in [0.05, 0.1) is 19.7 Å². The van der Waals surface area contributed by atoms with E-state index in [-0.39, 0.29) is 5.56 Å². The van der Waals surface area contributed by atoms with E-state index in [9.17, 15) is 9.59 Å². The lowest BCUT2D eigenvalue weighted by atomic mass is 10.2. The van der Waals surface area contributed by atoms with Gasteiger partial charge in [-0.25, -0.2) is 4.79 Å². The molecule has 24 heavy (non-hydrogen) atoms. The second-order valence-corrected chi connectivity index (χ2v) is 6.36. The lowest BCUT2D eigenvalue weighted by Gasteiger charge is -2.30. The van der Waals surface area contributed by atoms with Gasteiger partial charge in [-0.2, -0.15) is 0 Å². The molecule has 0 bridgehead atoms. The number of methoxy groups -OCH3 is 1. The van der Waals surface area contributed by atoms with Crippen LogP contribution in [-0.2, 0) is 13.1 Å². The molecule has 0 amide bonds. The van der Waals surface area contributed by atoms with Gasteiger partial charge in [0.2, 0.25) is 0 Å². The maximum atomic E-state index is 12.3. The van der Waals surface area contributed by atoms with Crippen LogP contribution >= 0.6 is 0 Å². The molecule has 1 aromatic heterocycles. The Labute approximate surface area is 139 Å². The second-order valence-electron chi connectivity index (χ2n) is 6.36. The molecular formula is C17H23N4O3+. The molecule has 3 rings (SSSR count). The Morgan fingerprint density at radius 1 is 1.25 bits per heavy atom. The number of nitrogens with zero attached hydrogens (tertiary/aromatic N) is 1. The van der Waals surface area contributed by atoms with Gasteiger partial charge in [-0.05, 0) is 31.5 Å². The standard InChI is InChI=1S/C17H22N4O3/c1-11(2)20-9-14-15(18-10-20)21(17(23)19-16(14)22)8-12-4-6-13(24-3)7-5-12/h4-7,11,18H,8-10H2,1-3H3,(H,19,22,23)/p+1. The molecule has 1 aromatic carbocycles. The van der Waals surface area contributed by atoms with Crippen molar-refractivity contribution in [2.45, 2.75) is 33.0 Å². The third-order valence-electron chi connectivity index (χ3n) is 4.50. The molecule has 3 N–H and O–H groups in total. The summed E-state index contributed by atoms with van der Waals surface area (Å²) >= 11 is 0. The number of ether oxygens (including phenoxy) is 1. The highest BCUT2D eigenvalue weighted by molar-refractivity contribution is 5.44. The summed E-state index contributed by atoms with van der Waals surface area (Å²) in [6, 6.07) is 7.94. The van der Waals surface area contributed by atoms with Gasteiger partial charge in [-0.1, -0.05) is 12.1 Å². The van der Waals surface area contributed by atoms with Crippen LogP contribution < -0.4 is 26.2 Å². The highest BCUT2D eigenvalue weighted by atomic mass is 16.5. The number of hydrogen-bond acceptors (Lipinski definition) is 4. The van der Waals surface area contributed by atoms with Gasteiger partial charge in [-0.15, -0.1) is 0 Å². The fraction of sp³-hybridized carbons (Fsp3) is 0.412. The summed E-state index contributed by atoms with van der Waals surface area (Å²) in [5.41, 5.74) is 0.909. The van der Waals surface area contributed by atoms with Crippen LogP contribution in [0.15, 0.2) is 33.9 Å². The lowest BCUT2D eigenvalue weighted by Crippen LogP contribution is -3.15. The molecule has 1 aliphatic rings. The minimum absolute atomic E-state index is 0.300. The number of nitrogens with one attached hydrogen (secondary N) is 3.